The Labute approximate surface area is 183 Å². The number of carbonyl (C=O) groups excluding carboxylic acids is 1. The Bertz CT molecular complexity index is 1350. The number of rotatable bonds is 4. The molecule has 0 atom stereocenters. The molecule has 2 aromatic heterocycles. The lowest BCUT2D eigenvalue weighted by atomic mass is 9.80. The Morgan fingerprint density at radius 2 is 1.84 bits per heavy atom. The highest BCUT2D eigenvalue weighted by molar-refractivity contribution is 6.05. The molecule has 32 heavy (non-hydrogen) atoms. The number of nitriles is 1. The lowest BCUT2D eigenvalue weighted by molar-refractivity contribution is 0.102. The minimum atomic E-state index is -0.625. The summed E-state index contributed by atoms with van der Waals surface area (Å²) in [6, 6.07) is 17.5. The molecule has 1 aliphatic rings. The van der Waals surface area contributed by atoms with E-state index in [9.17, 15) is 14.4 Å². The van der Waals surface area contributed by atoms with Crippen LogP contribution in [0.4, 0.5) is 10.1 Å². The van der Waals surface area contributed by atoms with Gasteiger partial charge in [0, 0.05) is 11.3 Å². The van der Waals surface area contributed by atoms with Crippen LogP contribution in [0.1, 0.15) is 41.6 Å². The SMILES string of the molecule is N#CC1(c2ccc(NC(=O)c3cc(-c4ccc5n[nH]nc5n4)ccc3F)cc2)CCCC1. The summed E-state index contributed by atoms with van der Waals surface area (Å²) in [5.74, 6) is -1.18. The lowest BCUT2D eigenvalue weighted by Gasteiger charge is -2.21. The van der Waals surface area contributed by atoms with Crippen molar-refractivity contribution in [2.45, 2.75) is 31.1 Å². The van der Waals surface area contributed by atoms with E-state index in [2.05, 4.69) is 31.8 Å². The zero-order chi connectivity index (χ0) is 22.1. The first kappa shape index (κ1) is 19.8. The second-order valence-electron chi connectivity index (χ2n) is 7.99. The first-order valence-corrected chi connectivity index (χ1v) is 10.4. The second kappa shape index (κ2) is 7.85. The normalized spacial score (nSPS) is 14.9. The van der Waals surface area contributed by atoms with E-state index in [0.717, 1.165) is 31.2 Å². The Kier molecular flexibility index (Phi) is 4.86. The first-order chi connectivity index (χ1) is 15.6. The molecule has 0 unspecified atom stereocenters. The van der Waals surface area contributed by atoms with Crippen molar-refractivity contribution >= 4 is 22.8 Å². The van der Waals surface area contributed by atoms with Gasteiger partial charge in [0.05, 0.1) is 22.7 Å². The fraction of sp³-hybridized carbons (Fsp3) is 0.208. The van der Waals surface area contributed by atoms with E-state index in [1.54, 1.807) is 30.3 Å². The molecule has 0 spiro atoms. The maximum atomic E-state index is 14.5. The highest BCUT2D eigenvalue weighted by atomic mass is 19.1. The molecular weight excluding hydrogens is 407 g/mol. The third kappa shape index (κ3) is 3.48. The van der Waals surface area contributed by atoms with Gasteiger partial charge >= 0.3 is 0 Å². The molecule has 158 valence electrons. The van der Waals surface area contributed by atoms with Crippen molar-refractivity contribution in [1.82, 2.24) is 20.4 Å². The van der Waals surface area contributed by atoms with Gasteiger partial charge < -0.3 is 5.32 Å². The summed E-state index contributed by atoms with van der Waals surface area (Å²) in [4.78, 5) is 17.2. The monoisotopic (exact) mass is 426 g/mol. The van der Waals surface area contributed by atoms with E-state index in [1.807, 2.05) is 12.1 Å². The van der Waals surface area contributed by atoms with E-state index in [4.69, 9.17) is 0 Å². The lowest BCUT2D eigenvalue weighted by Crippen LogP contribution is -2.19. The van der Waals surface area contributed by atoms with Crippen LogP contribution >= 0.6 is 0 Å². The third-order valence-corrected chi connectivity index (χ3v) is 6.05. The van der Waals surface area contributed by atoms with Gasteiger partial charge in [-0.05, 0) is 60.9 Å². The first-order valence-electron chi connectivity index (χ1n) is 10.4. The summed E-state index contributed by atoms with van der Waals surface area (Å²) < 4.78 is 14.5. The van der Waals surface area contributed by atoms with Crippen LogP contribution in [0, 0.1) is 17.1 Å². The van der Waals surface area contributed by atoms with Crippen LogP contribution in [0.2, 0.25) is 0 Å². The summed E-state index contributed by atoms with van der Waals surface area (Å²) in [6.07, 6.45) is 3.78. The van der Waals surface area contributed by atoms with Gasteiger partial charge in [-0.15, -0.1) is 5.10 Å². The minimum absolute atomic E-state index is 0.0853. The molecule has 0 saturated heterocycles. The summed E-state index contributed by atoms with van der Waals surface area (Å²) in [5, 5.41) is 22.8. The fourth-order valence-corrected chi connectivity index (χ4v) is 4.27. The van der Waals surface area contributed by atoms with Crippen molar-refractivity contribution in [2.75, 3.05) is 5.32 Å². The predicted octanol–water partition coefficient (Wildman–Crippen LogP) is 4.75. The summed E-state index contributed by atoms with van der Waals surface area (Å²) >= 11 is 0. The van der Waals surface area contributed by atoms with Crippen LogP contribution in [-0.2, 0) is 5.41 Å². The molecule has 8 heteroatoms. The van der Waals surface area contributed by atoms with Gasteiger partial charge in [-0.1, -0.05) is 25.0 Å². The third-order valence-electron chi connectivity index (χ3n) is 6.05. The van der Waals surface area contributed by atoms with E-state index in [0.29, 0.717) is 28.1 Å². The Balaban J connectivity index is 1.38. The Hall–Kier alpha value is -4.12. The topological polar surface area (TPSA) is 107 Å². The molecule has 5 rings (SSSR count). The Morgan fingerprint density at radius 3 is 2.59 bits per heavy atom. The smallest absolute Gasteiger partial charge is 0.258 e. The minimum Gasteiger partial charge on any atom is -0.322 e. The van der Waals surface area contributed by atoms with Crippen molar-refractivity contribution in [3.05, 3.63) is 71.5 Å². The average Bonchev–Trinajstić information content (AvgIpc) is 3.49. The van der Waals surface area contributed by atoms with E-state index >= 15 is 0 Å². The van der Waals surface area contributed by atoms with Crippen LogP contribution in [0.15, 0.2) is 54.6 Å². The number of aromatic amines is 1. The number of H-pyrrole nitrogens is 1. The number of pyridine rings is 1. The number of carbonyl (C=O) groups is 1. The van der Waals surface area contributed by atoms with Gasteiger partial charge in [-0.25, -0.2) is 9.37 Å². The molecule has 7 nitrogen and oxygen atoms in total. The molecule has 1 fully saturated rings. The number of hydrogen-bond acceptors (Lipinski definition) is 5. The van der Waals surface area contributed by atoms with Crippen molar-refractivity contribution in [3.63, 3.8) is 0 Å². The molecule has 1 saturated carbocycles. The van der Waals surface area contributed by atoms with Crippen molar-refractivity contribution in [1.29, 1.82) is 5.26 Å². The zero-order valence-corrected chi connectivity index (χ0v) is 17.1. The summed E-state index contributed by atoms with van der Waals surface area (Å²) in [6.45, 7) is 0. The van der Waals surface area contributed by atoms with Crippen molar-refractivity contribution in [3.8, 4) is 17.3 Å². The predicted molar refractivity (Wildman–Crippen MR) is 117 cm³/mol. The van der Waals surface area contributed by atoms with Crippen LogP contribution in [0.25, 0.3) is 22.4 Å². The van der Waals surface area contributed by atoms with Gasteiger partial charge in [0.1, 0.15) is 11.3 Å². The van der Waals surface area contributed by atoms with Gasteiger partial charge in [0.15, 0.2) is 0 Å². The van der Waals surface area contributed by atoms with Crippen LogP contribution < -0.4 is 5.32 Å². The zero-order valence-electron chi connectivity index (χ0n) is 17.1. The molecule has 2 aromatic carbocycles. The highest BCUT2D eigenvalue weighted by Crippen LogP contribution is 2.40. The van der Waals surface area contributed by atoms with Crippen LogP contribution in [0.3, 0.4) is 0 Å². The van der Waals surface area contributed by atoms with Crippen molar-refractivity contribution < 1.29 is 9.18 Å². The molecule has 1 amide bonds. The summed E-state index contributed by atoms with van der Waals surface area (Å²) in [7, 11) is 0. The summed E-state index contributed by atoms with van der Waals surface area (Å²) in [5.41, 5.74) is 3.18. The van der Waals surface area contributed by atoms with E-state index in [-0.39, 0.29) is 5.56 Å². The average molecular weight is 426 g/mol. The maximum Gasteiger partial charge on any atom is 0.258 e. The molecule has 0 aliphatic heterocycles. The van der Waals surface area contributed by atoms with E-state index in [1.165, 1.54) is 12.1 Å². The maximum absolute atomic E-state index is 14.5. The second-order valence-corrected chi connectivity index (χ2v) is 7.99. The number of nitrogens with zero attached hydrogens (tertiary/aromatic N) is 4. The van der Waals surface area contributed by atoms with Gasteiger partial charge in [0.25, 0.3) is 5.91 Å². The number of amides is 1. The number of hydrogen-bond donors (Lipinski definition) is 2. The number of aromatic nitrogens is 4. The fourth-order valence-electron chi connectivity index (χ4n) is 4.27. The number of nitrogens with one attached hydrogen (secondary N) is 2. The van der Waals surface area contributed by atoms with Crippen molar-refractivity contribution in [2.24, 2.45) is 0 Å². The number of anilines is 1. The van der Waals surface area contributed by atoms with Crippen LogP contribution in [0.5, 0.6) is 0 Å². The number of halogens is 1. The molecule has 0 radical (unpaired) electrons. The molecule has 4 aromatic rings. The van der Waals surface area contributed by atoms with Gasteiger partial charge in [0.2, 0.25) is 5.65 Å². The van der Waals surface area contributed by atoms with Gasteiger partial charge in [-0.3, -0.25) is 4.79 Å². The Morgan fingerprint density at radius 1 is 1.06 bits per heavy atom. The van der Waals surface area contributed by atoms with Gasteiger partial charge in [-0.2, -0.15) is 15.6 Å². The molecular formula is C24H19FN6O. The number of fused-ring (bicyclic) bond motifs is 1. The standard InChI is InChI=1S/C24H19FN6O/c25-19-8-3-15(20-9-10-21-22(28-20)30-31-29-21)13-18(19)23(32)27-17-6-4-16(5-7-17)24(14-26)11-1-2-12-24/h3-10,13H,1-2,11-12H2,(H,27,32)(H,28,29,30,31). The van der Waals surface area contributed by atoms with E-state index < -0.39 is 17.1 Å². The van der Waals surface area contributed by atoms with Crippen LogP contribution in [-0.4, -0.2) is 26.3 Å². The number of benzene rings is 2. The molecule has 0 bridgehead atoms. The molecule has 2 N–H and O–H groups in total. The molecule has 1 aliphatic carbocycles. The quantitative estimate of drug-likeness (QED) is 0.490. The molecule has 2 heterocycles. The highest BCUT2D eigenvalue weighted by Gasteiger charge is 2.35. The largest absolute Gasteiger partial charge is 0.322 e.